The zero-order valence-electron chi connectivity index (χ0n) is 95.5. The second-order valence-corrected chi connectivity index (χ2v) is 40.5. The Labute approximate surface area is 891 Å². The van der Waals surface area contributed by atoms with E-state index in [1.54, 1.807) is 0 Å². The van der Waals surface area contributed by atoms with Gasteiger partial charge < -0.3 is 77.3 Å². The van der Waals surface area contributed by atoms with Crippen molar-refractivity contribution in [2.75, 3.05) is 79.3 Å². The molecule has 0 fully saturated rings. The average molecular weight is 2180 g/mol. The van der Waals surface area contributed by atoms with Crippen LogP contribution in [0.1, 0.15) is 648 Å². The molecule has 0 spiro atoms. The van der Waals surface area contributed by atoms with Crippen molar-refractivity contribution < 1.29 is 122 Å². The van der Waals surface area contributed by atoms with Gasteiger partial charge in [-0.1, -0.05) is 468 Å². The molecule has 0 aliphatic rings. The molecular weight excluding hydrogens is 1940 g/mol. The van der Waals surface area contributed by atoms with Gasteiger partial charge in [0.15, 0.2) is 0 Å². The van der Waals surface area contributed by atoms with Crippen molar-refractivity contribution in [1.29, 1.82) is 0 Å². The number of rotatable bonds is 116. The van der Waals surface area contributed by atoms with E-state index in [2.05, 4.69) is 83.1 Å². The fourth-order valence-electron chi connectivity index (χ4n) is 16.8. The van der Waals surface area contributed by atoms with Gasteiger partial charge in [0.2, 0.25) is 0 Å². The number of unbranched alkanes of at least 4 members (excludes halogenated alkanes) is 64. The Bertz CT molecular complexity index is 1980. The third kappa shape index (κ3) is 114. The largest absolute Gasteiger partial charge is 0.481 e. The summed E-state index contributed by atoms with van der Waals surface area (Å²) in [5, 5.41) is 34.6. The van der Waals surface area contributed by atoms with Crippen LogP contribution in [0.3, 0.4) is 0 Å². The maximum absolute atomic E-state index is 10.5. The van der Waals surface area contributed by atoms with Gasteiger partial charge in [-0.15, -0.1) is 0 Å². The summed E-state index contributed by atoms with van der Waals surface area (Å²) in [5.41, 5.74) is 0. The van der Waals surface area contributed by atoms with E-state index >= 15 is 0 Å². The van der Waals surface area contributed by atoms with Crippen LogP contribution in [0.15, 0.2) is 0 Å². The second-order valence-electron chi connectivity index (χ2n) is 40.5. The third-order valence-electron chi connectivity index (χ3n) is 26.3. The molecule has 0 amide bonds. The zero-order valence-corrected chi connectivity index (χ0v) is 99.1. The number of ether oxygens (including phenoxy) is 12. The van der Waals surface area contributed by atoms with Crippen LogP contribution in [-0.4, -0.2) is 147 Å². The Morgan fingerprint density at radius 2 is 0.213 bits per heavy atom. The van der Waals surface area contributed by atoms with Crippen LogP contribution in [0.25, 0.3) is 0 Å². The normalized spacial score (nSPS) is 11.8. The Kier molecular flexibility index (Phi) is 128. The van der Waals surface area contributed by atoms with Crippen LogP contribution >= 0.6 is 0 Å². The van der Waals surface area contributed by atoms with Crippen LogP contribution in [0.5, 0.6) is 0 Å². The fraction of sp³-hybridized carbons (Fsp3) is 0.967. The number of carboxylic acids is 4. The Morgan fingerprint density at radius 1 is 0.135 bits per heavy atom. The number of hydrogen-bond donors (Lipinski definition) is 4. The first-order chi connectivity index (χ1) is 68.4. The first kappa shape index (κ1) is 148. The van der Waals surface area contributed by atoms with E-state index < -0.39 is 47.8 Å². The van der Waals surface area contributed by atoms with Gasteiger partial charge in [0.25, 0.3) is 23.9 Å². The zero-order chi connectivity index (χ0) is 104. The molecule has 0 aliphatic carbocycles. The van der Waals surface area contributed by atoms with Crippen LogP contribution in [0, 0.1) is 0 Å². The van der Waals surface area contributed by atoms with Gasteiger partial charge in [0.05, 0.1) is 79.3 Å². The quantitative estimate of drug-likeness (QED) is 0.0251. The smallest absolute Gasteiger partial charge is 0.303 e. The Balaban J connectivity index is -0.000000582. The topological polar surface area (TPSA) is 260 Å². The molecule has 21 heteroatoms. The predicted octanol–water partition coefficient (Wildman–Crippen LogP) is 37.7. The molecule has 0 bridgehead atoms. The van der Waals surface area contributed by atoms with Crippen LogP contribution in [0.4, 0.5) is 0 Å². The maximum Gasteiger partial charge on any atom is 0.303 e. The van der Waals surface area contributed by atoms with Crippen molar-refractivity contribution in [2.24, 2.45) is 0 Å². The van der Waals surface area contributed by atoms with Crippen LogP contribution < -0.4 is 0 Å². The molecule has 0 unspecified atom stereocenters. The Morgan fingerprint density at radius 3 is 0.291 bits per heavy atom. The summed E-state index contributed by atoms with van der Waals surface area (Å²) in [7, 11) is 0. The van der Waals surface area contributed by atoms with Crippen molar-refractivity contribution in [3.8, 4) is 0 Å². The minimum atomic E-state index is -0.838. The molecule has 0 aromatic rings. The molecule has 0 rings (SSSR count). The summed E-state index contributed by atoms with van der Waals surface area (Å²) >= 11 is 0. The van der Waals surface area contributed by atoms with Crippen molar-refractivity contribution in [3.63, 3.8) is 0 Å². The number of aliphatic carboxylic acids is 4. The summed E-state index contributed by atoms with van der Waals surface area (Å²) in [4.78, 5) is 42.0. The van der Waals surface area contributed by atoms with E-state index in [1.807, 2.05) is 0 Å². The standard InChI is InChI=1S/4C30H60O5.Hf/c4*1-4-7-26-33-30(34-27-8-5-2,35-28-9-6-3)25-23-21-19-17-15-13-11-10-12-14-16-18-20-22-24-29(31)32;/h4*4-28H2,1-3H3,(H,31,32);. The monoisotopic (exact) mass is 2180 g/mol. The van der Waals surface area contributed by atoms with Crippen molar-refractivity contribution in [1.82, 2.24) is 0 Å². The van der Waals surface area contributed by atoms with Gasteiger partial charge in [0.1, 0.15) is 0 Å². The minimum absolute atomic E-state index is 0. The van der Waals surface area contributed by atoms with E-state index in [4.69, 9.17) is 77.3 Å². The van der Waals surface area contributed by atoms with Gasteiger partial charge in [-0.05, 0) is 128 Å². The second kappa shape index (κ2) is 122. The van der Waals surface area contributed by atoms with Gasteiger partial charge in [-0.2, -0.15) is 0 Å². The molecule has 844 valence electrons. The summed E-state index contributed by atoms with van der Waals surface area (Å²) in [6.45, 7) is 34.8. The van der Waals surface area contributed by atoms with E-state index in [0.29, 0.717) is 105 Å². The predicted molar refractivity (Wildman–Crippen MR) is 587 cm³/mol. The minimum Gasteiger partial charge on any atom is -0.481 e. The number of carbonyl (C=O) groups is 4. The first-order valence-electron chi connectivity index (χ1n) is 60.9. The summed E-state index contributed by atoms with van der Waals surface area (Å²) in [6, 6.07) is 0. The average Bonchev–Trinajstić information content (AvgIpc) is 0.885. The van der Waals surface area contributed by atoms with Crippen molar-refractivity contribution in [3.05, 3.63) is 0 Å². The van der Waals surface area contributed by atoms with Crippen molar-refractivity contribution in [2.45, 2.75) is 672 Å². The van der Waals surface area contributed by atoms with Gasteiger partial charge in [-0.25, -0.2) is 0 Å². The number of hydrogen-bond acceptors (Lipinski definition) is 16. The summed E-state index contributed by atoms with van der Waals surface area (Å²) in [5.74, 6) is -6.01. The molecule has 20 nitrogen and oxygen atoms in total. The molecule has 141 heavy (non-hydrogen) atoms. The third-order valence-corrected chi connectivity index (χ3v) is 26.3. The molecule has 0 saturated carbocycles. The molecule has 0 aromatic heterocycles. The van der Waals surface area contributed by atoms with Gasteiger partial charge in [-0.3, -0.25) is 19.2 Å². The number of carboxylic acid groups (broad SMARTS) is 4. The SMILES string of the molecule is CCCCOC(CCCCCCCCCCCCCCCCC(=O)O)(OCCCC)OCCCC.CCCCOC(CCCCCCCCCCCCCCCCC(=O)O)(OCCCC)OCCCC.CCCCOC(CCCCCCCCCCCCCCCCC(=O)O)(OCCCC)OCCCC.CCCCOC(CCCCCCCCCCCCCCCCC(=O)O)(OCCCC)OCCCC.[Hf]. The van der Waals surface area contributed by atoms with Gasteiger partial charge in [0, 0.05) is 77.2 Å². The molecule has 0 atom stereocenters. The van der Waals surface area contributed by atoms with Gasteiger partial charge >= 0.3 is 23.9 Å². The van der Waals surface area contributed by atoms with E-state index in [-0.39, 0.29) is 25.8 Å². The first-order valence-corrected chi connectivity index (χ1v) is 60.9. The molecule has 0 radical (unpaired) electrons. The molecule has 0 aromatic carbocycles. The van der Waals surface area contributed by atoms with Crippen molar-refractivity contribution >= 4 is 23.9 Å². The molecule has 0 heterocycles. The summed E-state index contributed by atoms with van der Waals surface area (Å²) in [6.07, 6.45) is 99.7. The van der Waals surface area contributed by atoms with E-state index in [9.17, 15) is 19.2 Å². The molecule has 0 saturated heterocycles. The van der Waals surface area contributed by atoms with Crippen LogP contribution in [-0.2, 0) is 102 Å². The molecule has 0 aliphatic heterocycles. The van der Waals surface area contributed by atoms with E-state index in [1.165, 1.54) is 283 Å². The van der Waals surface area contributed by atoms with E-state index in [0.717, 1.165) is 257 Å². The van der Waals surface area contributed by atoms with Crippen LogP contribution in [0.2, 0.25) is 0 Å². The Hall–Kier alpha value is -1.73. The fourth-order valence-corrected chi connectivity index (χ4v) is 16.8. The summed E-state index contributed by atoms with van der Waals surface area (Å²) < 4.78 is 74.7. The molecular formula is C120H240HfO20. The molecule has 4 N–H and O–H groups in total. The maximum atomic E-state index is 10.5.